The first-order chi connectivity index (χ1) is 16.7. The fourth-order valence-electron chi connectivity index (χ4n) is 4.57. The fraction of sp³-hybridized carbons (Fsp3) is 0.296. The van der Waals surface area contributed by atoms with E-state index in [4.69, 9.17) is 28.8 Å². The maximum absolute atomic E-state index is 6.51. The van der Waals surface area contributed by atoms with Crippen LogP contribution in [0, 0.1) is 0 Å². The zero-order valence-corrected chi connectivity index (χ0v) is 19.8. The molecule has 7 nitrogen and oxygen atoms in total. The molecule has 2 atom stereocenters. The summed E-state index contributed by atoms with van der Waals surface area (Å²) in [5, 5.41) is 7.07. The quantitative estimate of drug-likeness (QED) is 0.474. The minimum absolute atomic E-state index is 0.0364. The maximum Gasteiger partial charge on any atom is 0.217 e. The Balaban J connectivity index is 1.58. The molecule has 0 bridgehead atoms. The first kappa shape index (κ1) is 21.9. The largest absolute Gasteiger partial charge is 0.496 e. The van der Waals surface area contributed by atoms with E-state index in [0.717, 1.165) is 40.3 Å². The molecule has 7 heteroatoms. The SMILES string of the molecule is CCOc1ccc(C2=NN3[C@H](C2)c2ccccc2O[C@@H]3c2cc(OC)c(OC)cc2OC)cc1. The molecule has 2 heterocycles. The molecule has 0 fully saturated rings. The standard InChI is InChI=1S/C27H28N2O5/c1-5-33-18-12-10-17(11-13-18)21-15-22-19-8-6-7-9-23(19)34-27(29(22)28-21)20-14-25(31-3)26(32-4)16-24(20)30-2/h6-14,16,22,27H,5,15H2,1-4H3/t22-,27-/m1/s1. The molecule has 0 radical (unpaired) electrons. The third kappa shape index (κ3) is 3.77. The number of para-hydroxylation sites is 1. The first-order valence-corrected chi connectivity index (χ1v) is 11.3. The summed E-state index contributed by atoms with van der Waals surface area (Å²) >= 11 is 0. The Morgan fingerprint density at radius 2 is 1.59 bits per heavy atom. The van der Waals surface area contributed by atoms with Crippen LogP contribution in [0.2, 0.25) is 0 Å². The second-order valence-electron chi connectivity index (χ2n) is 8.06. The molecule has 176 valence electrons. The van der Waals surface area contributed by atoms with Crippen LogP contribution in [0.5, 0.6) is 28.7 Å². The van der Waals surface area contributed by atoms with Crippen molar-refractivity contribution < 1.29 is 23.7 Å². The van der Waals surface area contributed by atoms with Crippen LogP contribution in [0.25, 0.3) is 0 Å². The molecular weight excluding hydrogens is 432 g/mol. The molecule has 0 spiro atoms. The lowest BCUT2D eigenvalue weighted by Crippen LogP contribution is -2.34. The highest BCUT2D eigenvalue weighted by atomic mass is 16.5. The van der Waals surface area contributed by atoms with Crippen LogP contribution in [0.3, 0.4) is 0 Å². The number of hydrogen-bond acceptors (Lipinski definition) is 7. The number of ether oxygens (including phenoxy) is 5. The smallest absolute Gasteiger partial charge is 0.217 e. The molecule has 0 saturated heterocycles. The topological polar surface area (TPSA) is 61.8 Å². The summed E-state index contributed by atoms with van der Waals surface area (Å²) in [7, 11) is 4.86. The van der Waals surface area contributed by atoms with Gasteiger partial charge < -0.3 is 23.7 Å². The lowest BCUT2D eigenvalue weighted by molar-refractivity contribution is -0.0205. The van der Waals surface area contributed by atoms with E-state index in [-0.39, 0.29) is 6.04 Å². The van der Waals surface area contributed by atoms with Crippen molar-refractivity contribution in [1.82, 2.24) is 5.01 Å². The lowest BCUT2D eigenvalue weighted by atomic mass is 9.95. The second-order valence-corrected chi connectivity index (χ2v) is 8.06. The van der Waals surface area contributed by atoms with Crippen molar-refractivity contribution in [2.24, 2.45) is 5.10 Å². The fourth-order valence-corrected chi connectivity index (χ4v) is 4.57. The van der Waals surface area contributed by atoms with Crippen molar-refractivity contribution >= 4 is 5.71 Å². The van der Waals surface area contributed by atoms with Crippen LogP contribution in [0.15, 0.2) is 65.8 Å². The minimum Gasteiger partial charge on any atom is -0.496 e. The molecule has 0 unspecified atom stereocenters. The zero-order chi connectivity index (χ0) is 23.7. The molecule has 2 aliphatic heterocycles. The van der Waals surface area contributed by atoms with Gasteiger partial charge in [0.1, 0.15) is 17.2 Å². The highest BCUT2D eigenvalue weighted by Crippen LogP contribution is 2.50. The van der Waals surface area contributed by atoms with Gasteiger partial charge in [0, 0.05) is 18.1 Å². The van der Waals surface area contributed by atoms with E-state index in [1.165, 1.54) is 0 Å². The zero-order valence-electron chi connectivity index (χ0n) is 19.8. The Morgan fingerprint density at radius 3 is 2.29 bits per heavy atom. The normalized spacial score (nSPS) is 18.4. The number of hydrazone groups is 1. The number of hydrogen-bond donors (Lipinski definition) is 0. The van der Waals surface area contributed by atoms with Gasteiger partial charge >= 0.3 is 0 Å². The van der Waals surface area contributed by atoms with E-state index < -0.39 is 6.23 Å². The number of methoxy groups -OCH3 is 3. The third-order valence-corrected chi connectivity index (χ3v) is 6.20. The van der Waals surface area contributed by atoms with Crippen molar-refractivity contribution in [3.05, 3.63) is 77.4 Å². The van der Waals surface area contributed by atoms with Gasteiger partial charge in [-0.2, -0.15) is 5.10 Å². The van der Waals surface area contributed by atoms with Crippen LogP contribution >= 0.6 is 0 Å². The van der Waals surface area contributed by atoms with Crippen molar-refractivity contribution in [2.45, 2.75) is 25.6 Å². The molecule has 0 saturated carbocycles. The van der Waals surface area contributed by atoms with Gasteiger partial charge in [-0.05, 0) is 48.9 Å². The highest BCUT2D eigenvalue weighted by Gasteiger charge is 2.42. The van der Waals surface area contributed by atoms with Crippen LogP contribution in [0.1, 0.15) is 42.3 Å². The van der Waals surface area contributed by atoms with Gasteiger partial charge in [-0.15, -0.1) is 0 Å². The molecule has 2 aliphatic rings. The third-order valence-electron chi connectivity index (χ3n) is 6.20. The maximum atomic E-state index is 6.51. The summed E-state index contributed by atoms with van der Waals surface area (Å²) < 4.78 is 28.9. The molecule has 0 N–H and O–H groups in total. The first-order valence-electron chi connectivity index (χ1n) is 11.3. The van der Waals surface area contributed by atoms with Gasteiger partial charge in [-0.3, -0.25) is 0 Å². The Labute approximate surface area is 199 Å². The van der Waals surface area contributed by atoms with E-state index in [9.17, 15) is 0 Å². The Morgan fingerprint density at radius 1 is 0.882 bits per heavy atom. The summed E-state index contributed by atoms with van der Waals surface area (Å²) in [5.41, 5.74) is 3.99. The van der Waals surface area contributed by atoms with Gasteiger partial charge in [0.05, 0.1) is 45.3 Å². The van der Waals surface area contributed by atoms with Crippen LogP contribution in [-0.2, 0) is 0 Å². The lowest BCUT2D eigenvalue weighted by Gasteiger charge is -2.38. The predicted molar refractivity (Wildman–Crippen MR) is 129 cm³/mol. The number of rotatable bonds is 7. The van der Waals surface area contributed by atoms with Gasteiger partial charge in [0.25, 0.3) is 0 Å². The molecule has 3 aromatic rings. The van der Waals surface area contributed by atoms with Crippen molar-refractivity contribution in [3.8, 4) is 28.7 Å². The number of benzene rings is 3. The molecule has 0 amide bonds. The second kappa shape index (κ2) is 9.17. The van der Waals surface area contributed by atoms with Gasteiger partial charge in [0.15, 0.2) is 11.5 Å². The van der Waals surface area contributed by atoms with Crippen LogP contribution < -0.4 is 23.7 Å². The number of fused-ring (bicyclic) bond motifs is 3. The highest BCUT2D eigenvalue weighted by molar-refractivity contribution is 6.02. The van der Waals surface area contributed by atoms with Gasteiger partial charge in [-0.25, -0.2) is 5.01 Å². The van der Waals surface area contributed by atoms with Crippen molar-refractivity contribution in [2.75, 3.05) is 27.9 Å². The predicted octanol–water partition coefficient (Wildman–Crippen LogP) is 5.35. The minimum atomic E-state index is -0.491. The Bertz CT molecular complexity index is 1210. The van der Waals surface area contributed by atoms with E-state index >= 15 is 0 Å². The summed E-state index contributed by atoms with van der Waals surface area (Å²) in [6.45, 7) is 2.62. The monoisotopic (exact) mass is 460 g/mol. The molecule has 0 aromatic heterocycles. The average Bonchev–Trinajstić information content (AvgIpc) is 3.34. The molecular formula is C27H28N2O5. The van der Waals surface area contributed by atoms with E-state index in [0.29, 0.717) is 23.9 Å². The van der Waals surface area contributed by atoms with Gasteiger partial charge in [0.2, 0.25) is 6.23 Å². The average molecular weight is 461 g/mol. The summed E-state index contributed by atoms with van der Waals surface area (Å²) in [6.07, 6.45) is 0.273. The van der Waals surface area contributed by atoms with Crippen molar-refractivity contribution in [1.29, 1.82) is 0 Å². The van der Waals surface area contributed by atoms with E-state index in [1.807, 2.05) is 54.4 Å². The Hall–Kier alpha value is -3.87. The summed E-state index contributed by atoms with van der Waals surface area (Å²) in [6, 6.07) is 20.0. The molecule has 5 rings (SSSR count). The van der Waals surface area contributed by atoms with E-state index in [1.54, 1.807) is 21.3 Å². The molecule has 3 aromatic carbocycles. The van der Waals surface area contributed by atoms with Gasteiger partial charge in [-0.1, -0.05) is 18.2 Å². The van der Waals surface area contributed by atoms with Crippen LogP contribution in [0.4, 0.5) is 0 Å². The summed E-state index contributed by atoms with van der Waals surface area (Å²) in [4.78, 5) is 0. The molecule has 0 aliphatic carbocycles. The van der Waals surface area contributed by atoms with Crippen molar-refractivity contribution in [3.63, 3.8) is 0 Å². The van der Waals surface area contributed by atoms with E-state index in [2.05, 4.69) is 18.2 Å². The Kier molecular flexibility index (Phi) is 5.92. The molecule has 34 heavy (non-hydrogen) atoms. The number of nitrogens with zero attached hydrogens (tertiary/aromatic N) is 2. The summed E-state index contributed by atoms with van der Waals surface area (Å²) in [5.74, 6) is 3.53. The van der Waals surface area contributed by atoms with Crippen LogP contribution in [-0.4, -0.2) is 38.7 Å².